The molecule has 2 heterocycles. The van der Waals surface area contributed by atoms with E-state index in [4.69, 9.17) is 19.7 Å². The van der Waals surface area contributed by atoms with Gasteiger partial charge in [-0.15, -0.1) is 11.3 Å². The highest BCUT2D eigenvalue weighted by molar-refractivity contribution is 7.13. The van der Waals surface area contributed by atoms with Crippen LogP contribution in [0, 0.1) is 0 Å². The minimum absolute atomic E-state index is 0.344. The third kappa shape index (κ3) is 2.43. The summed E-state index contributed by atoms with van der Waals surface area (Å²) in [5.41, 5.74) is 7.11. The van der Waals surface area contributed by atoms with E-state index in [1.54, 1.807) is 37.7 Å². The molecule has 3 rings (SSSR count). The molecule has 0 fully saturated rings. The SMILES string of the molecule is COc1cc(N)c(-c2nc(-c3cccs3)no2)cc1OC. The van der Waals surface area contributed by atoms with Gasteiger partial charge in [-0.1, -0.05) is 11.2 Å². The van der Waals surface area contributed by atoms with Crippen molar-refractivity contribution in [2.45, 2.75) is 0 Å². The van der Waals surface area contributed by atoms with Crippen LogP contribution < -0.4 is 15.2 Å². The highest BCUT2D eigenvalue weighted by Gasteiger charge is 2.17. The Kier molecular flexibility index (Phi) is 3.49. The molecule has 2 aromatic heterocycles. The van der Waals surface area contributed by atoms with Gasteiger partial charge in [0.1, 0.15) is 0 Å². The van der Waals surface area contributed by atoms with E-state index in [9.17, 15) is 0 Å². The summed E-state index contributed by atoms with van der Waals surface area (Å²) in [5.74, 6) is 1.99. The van der Waals surface area contributed by atoms with Crippen molar-refractivity contribution >= 4 is 17.0 Å². The number of benzene rings is 1. The molecule has 3 aromatic rings. The van der Waals surface area contributed by atoms with Crippen molar-refractivity contribution in [3.63, 3.8) is 0 Å². The van der Waals surface area contributed by atoms with Gasteiger partial charge in [-0.25, -0.2) is 0 Å². The van der Waals surface area contributed by atoms with Crippen molar-refractivity contribution in [2.75, 3.05) is 20.0 Å². The number of hydrogen-bond acceptors (Lipinski definition) is 7. The summed E-state index contributed by atoms with van der Waals surface area (Å²) in [6.07, 6.45) is 0. The van der Waals surface area contributed by atoms with E-state index >= 15 is 0 Å². The van der Waals surface area contributed by atoms with Crippen LogP contribution in [0.3, 0.4) is 0 Å². The van der Waals surface area contributed by atoms with Crippen molar-refractivity contribution in [2.24, 2.45) is 0 Å². The smallest absolute Gasteiger partial charge is 0.260 e. The molecular weight excluding hydrogens is 290 g/mol. The van der Waals surface area contributed by atoms with E-state index in [-0.39, 0.29) is 0 Å². The summed E-state index contributed by atoms with van der Waals surface area (Å²) in [4.78, 5) is 5.31. The monoisotopic (exact) mass is 303 g/mol. The van der Waals surface area contributed by atoms with Crippen LogP contribution in [0.15, 0.2) is 34.2 Å². The third-order valence-corrected chi connectivity index (χ3v) is 3.82. The van der Waals surface area contributed by atoms with Crippen molar-refractivity contribution in [1.82, 2.24) is 10.1 Å². The van der Waals surface area contributed by atoms with E-state index in [0.29, 0.717) is 34.5 Å². The number of nitrogens with two attached hydrogens (primary N) is 1. The molecule has 0 saturated carbocycles. The summed E-state index contributed by atoms with van der Waals surface area (Å²) < 4.78 is 15.8. The first kappa shape index (κ1) is 13.4. The normalized spacial score (nSPS) is 10.6. The average molecular weight is 303 g/mol. The number of anilines is 1. The summed E-state index contributed by atoms with van der Waals surface area (Å²) in [5, 5.41) is 5.93. The molecule has 0 bridgehead atoms. The minimum atomic E-state index is 0.344. The maximum absolute atomic E-state index is 6.02. The molecule has 1 aromatic carbocycles. The van der Waals surface area contributed by atoms with E-state index in [0.717, 1.165) is 4.88 Å². The zero-order valence-corrected chi connectivity index (χ0v) is 12.3. The van der Waals surface area contributed by atoms with Gasteiger partial charge in [-0.05, 0) is 17.5 Å². The van der Waals surface area contributed by atoms with Crippen LogP contribution in [0.5, 0.6) is 11.5 Å². The molecule has 21 heavy (non-hydrogen) atoms. The quantitative estimate of drug-likeness (QED) is 0.746. The van der Waals surface area contributed by atoms with Gasteiger partial charge >= 0.3 is 0 Å². The number of ether oxygens (including phenoxy) is 2. The first-order chi connectivity index (χ1) is 10.2. The van der Waals surface area contributed by atoms with Crippen LogP contribution in [-0.2, 0) is 0 Å². The summed E-state index contributed by atoms with van der Waals surface area (Å²) in [7, 11) is 3.11. The Bertz CT molecular complexity index is 753. The fraction of sp³-hybridized carbons (Fsp3) is 0.143. The lowest BCUT2D eigenvalue weighted by atomic mass is 10.1. The van der Waals surface area contributed by atoms with Crippen molar-refractivity contribution in [3.8, 4) is 33.7 Å². The van der Waals surface area contributed by atoms with Crippen LogP contribution >= 0.6 is 11.3 Å². The van der Waals surface area contributed by atoms with Crippen LogP contribution in [0.2, 0.25) is 0 Å². The van der Waals surface area contributed by atoms with Crippen molar-refractivity contribution in [3.05, 3.63) is 29.6 Å². The second kappa shape index (κ2) is 5.45. The average Bonchev–Trinajstić information content (AvgIpc) is 3.17. The number of rotatable bonds is 4. The number of methoxy groups -OCH3 is 2. The van der Waals surface area contributed by atoms with Crippen molar-refractivity contribution < 1.29 is 14.0 Å². The molecule has 0 radical (unpaired) electrons. The first-order valence-corrected chi connectivity index (χ1v) is 7.00. The standard InChI is InChI=1S/C14H13N3O3S/c1-18-10-6-8(9(15)7-11(10)19-2)14-16-13(17-20-14)12-4-3-5-21-12/h3-7H,15H2,1-2H3. The number of aromatic nitrogens is 2. The van der Waals surface area contributed by atoms with Gasteiger partial charge in [-0.2, -0.15) is 4.98 Å². The largest absolute Gasteiger partial charge is 0.493 e. The number of nitrogens with zero attached hydrogens (tertiary/aromatic N) is 2. The molecule has 0 spiro atoms. The molecule has 0 saturated heterocycles. The Labute approximate surface area is 125 Å². The van der Waals surface area contributed by atoms with Gasteiger partial charge in [-0.3, -0.25) is 0 Å². The highest BCUT2D eigenvalue weighted by atomic mass is 32.1. The Morgan fingerprint density at radius 2 is 1.95 bits per heavy atom. The van der Waals surface area contributed by atoms with E-state index in [1.807, 2.05) is 17.5 Å². The zero-order valence-electron chi connectivity index (χ0n) is 11.5. The predicted octanol–water partition coefficient (Wildman–Crippen LogP) is 3.06. The van der Waals surface area contributed by atoms with E-state index in [2.05, 4.69) is 10.1 Å². The number of nitrogen functional groups attached to an aromatic ring is 1. The molecule has 108 valence electrons. The first-order valence-electron chi connectivity index (χ1n) is 6.12. The molecule has 0 aliphatic carbocycles. The van der Waals surface area contributed by atoms with Crippen LogP contribution in [0.25, 0.3) is 22.2 Å². The third-order valence-electron chi connectivity index (χ3n) is 2.95. The Balaban J connectivity index is 2.04. The van der Waals surface area contributed by atoms with Gasteiger partial charge < -0.3 is 19.7 Å². The highest BCUT2D eigenvalue weighted by Crippen LogP contribution is 2.37. The topological polar surface area (TPSA) is 83.4 Å². The lowest BCUT2D eigenvalue weighted by Gasteiger charge is -2.10. The van der Waals surface area contributed by atoms with Crippen LogP contribution in [0.4, 0.5) is 5.69 Å². The second-order valence-corrected chi connectivity index (χ2v) is 5.14. The lowest BCUT2D eigenvalue weighted by molar-refractivity contribution is 0.355. The molecule has 0 aliphatic rings. The summed E-state index contributed by atoms with van der Waals surface area (Å²) in [6, 6.07) is 7.25. The van der Waals surface area contributed by atoms with Gasteiger partial charge in [0.15, 0.2) is 11.5 Å². The second-order valence-electron chi connectivity index (χ2n) is 4.19. The maximum atomic E-state index is 6.02. The Morgan fingerprint density at radius 3 is 2.62 bits per heavy atom. The van der Waals surface area contributed by atoms with Gasteiger partial charge in [0, 0.05) is 11.8 Å². The zero-order chi connectivity index (χ0) is 14.8. The van der Waals surface area contributed by atoms with Crippen LogP contribution in [0.1, 0.15) is 0 Å². The maximum Gasteiger partial charge on any atom is 0.260 e. The predicted molar refractivity (Wildman–Crippen MR) is 80.6 cm³/mol. The van der Waals surface area contributed by atoms with E-state index in [1.165, 1.54) is 0 Å². The minimum Gasteiger partial charge on any atom is -0.493 e. The van der Waals surface area contributed by atoms with E-state index < -0.39 is 0 Å². The van der Waals surface area contributed by atoms with Crippen LogP contribution in [-0.4, -0.2) is 24.4 Å². The molecule has 0 aliphatic heterocycles. The molecule has 6 nitrogen and oxygen atoms in total. The Hall–Kier alpha value is -2.54. The molecule has 0 atom stereocenters. The fourth-order valence-electron chi connectivity index (χ4n) is 1.92. The molecule has 0 unspecified atom stereocenters. The fourth-order valence-corrected chi connectivity index (χ4v) is 2.57. The Morgan fingerprint density at radius 1 is 1.19 bits per heavy atom. The summed E-state index contributed by atoms with van der Waals surface area (Å²) >= 11 is 1.54. The lowest BCUT2D eigenvalue weighted by Crippen LogP contribution is -1.96. The molecule has 2 N–H and O–H groups in total. The number of thiophene rings is 1. The molecule has 0 amide bonds. The molecule has 7 heteroatoms. The van der Waals surface area contributed by atoms with Gasteiger partial charge in [0.2, 0.25) is 5.82 Å². The van der Waals surface area contributed by atoms with Gasteiger partial charge in [0.25, 0.3) is 5.89 Å². The van der Waals surface area contributed by atoms with Crippen molar-refractivity contribution in [1.29, 1.82) is 0 Å². The summed E-state index contributed by atoms with van der Waals surface area (Å²) in [6.45, 7) is 0. The molecular formula is C14H13N3O3S. The van der Waals surface area contributed by atoms with Gasteiger partial charge in [0.05, 0.1) is 24.7 Å². The number of hydrogen-bond donors (Lipinski definition) is 1.